The van der Waals surface area contributed by atoms with E-state index in [9.17, 15) is 0 Å². The molecule has 0 fully saturated rings. The molecule has 3 aromatic rings. The number of hydrogen-bond donors (Lipinski definition) is 2. The van der Waals surface area contributed by atoms with Gasteiger partial charge in [0.05, 0.1) is 0 Å². The molecule has 7 heteroatoms. The number of anilines is 2. The molecule has 2 heterocycles. The van der Waals surface area contributed by atoms with Crippen LogP contribution in [0.2, 0.25) is 0 Å². The van der Waals surface area contributed by atoms with Crippen molar-refractivity contribution in [2.75, 3.05) is 23.8 Å². The van der Waals surface area contributed by atoms with Gasteiger partial charge in [0.2, 0.25) is 11.8 Å². The Morgan fingerprint density at radius 3 is 2.57 bits per heavy atom. The largest absolute Gasteiger partial charge is 0.439 e. The Hall–Kier alpha value is -3.19. The average molecular weight is 392 g/mol. The second kappa shape index (κ2) is 8.22. The van der Waals surface area contributed by atoms with Gasteiger partial charge < -0.3 is 20.3 Å². The average Bonchev–Trinajstić information content (AvgIpc) is 2.74. The standard InChI is InChI=1S/C21H21N5OS/c1-22-21(28)25-20-23-18(13-19(24-20)27-17-9-3-2-4-10-17)26-12-11-15-7-5-6-8-16(15)14-26/h2-10,13H,11-12,14H2,1H3,(H2,22,23,24,25,28). The van der Waals surface area contributed by atoms with E-state index in [0.717, 1.165) is 31.1 Å². The van der Waals surface area contributed by atoms with Gasteiger partial charge in [0, 0.05) is 26.2 Å². The molecule has 2 aromatic carbocycles. The first-order chi connectivity index (χ1) is 13.7. The molecule has 28 heavy (non-hydrogen) atoms. The van der Waals surface area contributed by atoms with Gasteiger partial charge in [-0.2, -0.15) is 9.97 Å². The normalized spacial score (nSPS) is 12.8. The molecule has 0 aliphatic carbocycles. The Morgan fingerprint density at radius 1 is 1.04 bits per heavy atom. The highest BCUT2D eigenvalue weighted by Gasteiger charge is 2.19. The van der Waals surface area contributed by atoms with Crippen LogP contribution in [0.1, 0.15) is 11.1 Å². The lowest BCUT2D eigenvalue weighted by Crippen LogP contribution is -2.31. The molecule has 0 atom stereocenters. The topological polar surface area (TPSA) is 62.3 Å². The van der Waals surface area contributed by atoms with E-state index in [2.05, 4.69) is 49.8 Å². The molecule has 6 nitrogen and oxygen atoms in total. The van der Waals surface area contributed by atoms with Gasteiger partial charge >= 0.3 is 0 Å². The number of para-hydroxylation sites is 1. The fourth-order valence-corrected chi connectivity index (χ4v) is 3.24. The smallest absolute Gasteiger partial charge is 0.234 e. The zero-order valence-corrected chi connectivity index (χ0v) is 16.4. The fourth-order valence-electron chi connectivity index (χ4n) is 3.15. The highest BCUT2D eigenvalue weighted by molar-refractivity contribution is 7.80. The van der Waals surface area contributed by atoms with Crippen molar-refractivity contribution in [2.24, 2.45) is 0 Å². The van der Waals surface area contributed by atoms with Crippen LogP contribution in [-0.4, -0.2) is 28.7 Å². The van der Waals surface area contributed by atoms with Crippen LogP contribution in [0.5, 0.6) is 11.6 Å². The molecule has 0 unspecified atom stereocenters. The number of thiocarbonyl (C=S) groups is 1. The van der Waals surface area contributed by atoms with Crippen molar-refractivity contribution in [1.82, 2.24) is 15.3 Å². The number of fused-ring (bicyclic) bond motifs is 1. The third-order valence-electron chi connectivity index (χ3n) is 4.56. The Labute approximate surface area is 169 Å². The van der Waals surface area contributed by atoms with Gasteiger partial charge in [-0.25, -0.2) is 0 Å². The van der Waals surface area contributed by atoms with E-state index in [1.807, 2.05) is 36.4 Å². The van der Waals surface area contributed by atoms with Crippen molar-refractivity contribution in [1.29, 1.82) is 0 Å². The van der Waals surface area contributed by atoms with Crippen LogP contribution in [0.25, 0.3) is 0 Å². The molecule has 0 saturated heterocycles. The number of hydrogen-bond acceptors (Lipinski definition) is 5. The van der Waals surface area contributed by atoms with E-state index in [4.69, 9.17) is 17.0 Å². The molecular formula is C21H21N5OS. The molecule has 142 valence electrons. The lowest BCUT2D eigenvalue weighted by atomic mass is 10.00. The van der Waals surface area contributed by atoms with Gasteiger partial charge in [-0.3, -0.25) is 0 Å². The lowest BCUT2D eigenvalue weighted by molar-refractivity contribution is 0.462. The summed E-state index contributed by atoms with van der Waals surface area (Å²) in [7, 11) is 1.75. The SMILES string of the molecule is CNC(=S)Nc1nc(Oc2ccccc2)cc(N2CCc3ccccc3C2)n1. The van der Waals surface area contributed by atoms with E-state index in [0.29, 0.717) is 16.9 Å². The third kappa shape index (κ3) is 4.20. The molecule has 4 rings (SSSR count). The molecule has 0 saturated carbocycles. The van der Waals surface area contributed by atoms with Crippen LogP contribution in [-0.2, 0) is 13.0 Å². The first-order valence-corrected chi connectivity index (χ1v) is 9.54. The minimum absolute atomic E-state index is 0.404. The van der Waals surface area contributed by atoms with Crippen molar-refractivity contribution in [3.63, 3.8) is 0 Å². The monoisotopic (exact) mass is 391 g/mol. The molecule has 1 aliphatic heterocycles. The number of ether oxygens (including phenoxy) is 1. The molecule has 0 spiro atoms. The van der Waals surface area contributed by atoms with Gasteiger partial charge in [0.1, 0.15) is 11.6 Å². The predicted octanol–water partition coefficient (Wildman–Crippen LogP) is 3.75. The number of nitrogens with zero attached hydrogens (tertiary/aromatic N) is 3. The van der Waals surface area contributed by atoms with Crippen molar-refractivity contribution in [3.05, 3.63) is 71.8 Å². The summed E-state index contributed by atoms with van der Waals surface area (Å²) in [4.78, 5) is 11.3. The van der Waals surface area contributed by atoms with Gasteiger partial charge in [-0.15, -0.1) is 0 Å². The zero-order valence-electron chi connectivity index (χ0n) is 15.6. The third-order valence-corrected chi connectivity index (χ3v) is 4.87. The van der Waals surface area contributed by atoms with Crippen LogP contribution in [0.3, 0.4) is 0 Å². The Morgan fingerprint density at radius 2 is 1.79 bits per heavy atom. The summed E-state index contributed by atoms with van der Waals surface area (Å²) in [6.07, 6.45) is 0.979. The first-order valence-electron chi connectivity index (χ1n) is 9.14. The molecule has 1 aromatic heterocycles. The van der Waals surface area contributed by atoms with Crippen molar-refractivity contribution in [3.8, 4) is 11.6 Å². The summed E-state index contributed by atoms with van der Waals surface area (Å²) >= 11 is 5.21. The zero-order chi connectivity index (χ0) is 19.3. The molecular weight excluding hydrogens is 370 g/mol. The number of nitrogens with one attached hydrogen (secondary N) is 2. The van der Waals surface area contributed by atoms with E-state index >= 15 is 0 Å². The molecule has 0 radical (unpaired) electrons. The highest BCUT2D eigenvalue weighted by atomic mass is 32.1. The number of benzene rings is 2. The van der Waals surface area contributed by atoms with Gasteiger partial charge in [-0.1, -0.05) is 42.5 Å². The maximum absolute atomic E-state index is 5.95. The summed E-state index contributed by atoms with van der Waals surface area (Å²) in [6, 6.07) is 20.0. The summed E-state index contributed by atoms with van der Waals surface area (Å²) in [6.45, 7) is 1.68. The van der Waals surface area contributed by atoms with Gasteiger partial charge in [-0.05, 0) is 41.9 Å². The predicted molar refractivity (Wildman–Crippen MR) is 115 cm³/mol. The fraction of sp³-hybridized carbons (Fsp3) is 0.190. The van der Waals surface area contributed by atoms with E-state index in [1.165, 1.54) is 11.1 Å². The number of rotatable bonds is 4. The molecule has 0 bridgehead atoms. The van der Waals surface area contributed by atoms with Crippen LogP contribution < -0.4 is 20.3 Å². The molecule has 1 aliphatic rings. The van der Waals surface area contributed by atoms with Gasteiger partial charge in [0.25, 0.3) is 0 Å². The Balaban J connectivity index is 1.64. The second-order valence-corrected chi connectivity index (χ2v) is 6.86. The van der Waals surface area contributed by atoms with Crippen LogP contribution in [0.15, 0.2) is 60.7 Å². The van der Waals surface area contributed by atoms with E-state index in [1.54, 1.807) is 7.05 Å². The van der Waals surface area contributed by atoms with Crippen LogP contribution >= 0.6 is 12.2 Å². The summed E-state index contributed by atoms with van der Waals surface area (Å²) in [5.41, 5.74) is 2.71. The first kappa shape index (κ1) is 18.2. The maximum atomic E-state index is 5.95. The van der Waals surface area contributed by atoms with Crippen LogP contribution in [0.4, 0.5) is 11.8 Å². The highest BCUT2D eigenvalue weighted by Crippen LogP contribution is 2.28. The van der Waals surface area contributed by atoms with Crippen molar-refractivity contribution < 1.29 is 4.74 Å². The lowest BCUT2D eigenvalue weighted by Gasteiger charge is -2.30. The van der Waals surface area contributed by atoms with Crippen molar-refractivity contribution >= 4 is 29.1 Å². The quantitative estimate of drug-likeness (QED) is 0.657. The second-order valence-electron chi connectivity index (χ2n) is 6.45. The minimum atomic E-state index is 0.404. The summed E-state index contributed by atoms with van der Waals surface area (Å²) < 4.78 is 5.95. The molecule has 2 N–H and O–H groups in total. The maximum Gasteiger partial charge on any atom is 0.234 e. The van der Waals surface area contributed by atoms with Crippen LogP contribution in [0, 0.1) is 0 Å². The van der Waals surface area contributed by atoms with Crippen molar-refractivity contribution in [2.45, 2.75) is 13.0 Å². The molecule has 0 amide bonds. The Kier molecular flexibility index (Phi) is 5.34. The van der Waals surface area contributed by atoms with E-state index in [-0.39, 0.29) is 0 Å². The van der Waals surface area contributed by atoms with E-state index < -0.39 is 0 Å². The summed E-state index contributed by atoms with van der Waals surface area (Å²) in [5.74, 6) is 2.40. The summed E-state index contributed by atoms with van der Waals surface area (Å²) in [5, 5.41) is 6.34. The Bertz CT molecular complexity index is 980. The number of aromatic nitrogens is 2. The minimum Gasteiger partial charge on any atom is -0.439 e. The van der Waals surface area contributed by atoms with Gasteiger partial charge in [0.15, 0.2) is 5.11 Å².